The molecule has 37 heavy (non-hydrogen) atoms. The number of nitrogens with one attached hydrogen (secondary N) is 3. The molecule has 7 amide bonds. The van der Waals surface area contributed by atoms with Crippen LogP contribution in [0.15, 0.2) is 42.5 Å². The molecule has 3 N–H and O–H groups in total. The van der Waals surface area contributed by atoms with Crippen LogP contribution in [0.3, 0.4) is 0 Å². The molecule has 14 nitrogen and oxygen atoms in total. The second-order valence-corrected chi connectivity index (χ2v) is 7.95. The monoisotopic (exact) mass is 513 g/mol. The van der Waals surface area contributed by atoms with Gasteiger partial charge in [0.05, 0.1) is 13.1 Å². The number of benzene rings is 1. The molecule has 1 atom stereocenters. The molecule has 0 aromatic heterocycles. The Morgan fingerprint density at radius 3 is 2.00 bits per heavy atom. The molecule has 0 unspecified atom stereocenters. The van der Waals surface area contributed by atoms with E-state index < -0.39 is 73.0 Å². The average molecular weight is 513 g/mol. The highest BCUT2D eigenvalue weighted by Gasteiger charge is 2.35. The number of hydrogen-bond donors (Lipinski definition) is 3. The molecule has 1 aromatic rings. The Balaban J connectivity index is 1.48. The van der Waals surface area contributed by atoms with Gasteiger partial charge in [-0.25, -0.2) is 4.79 Å². The van der Waals surface area contributed by atoms with Crippen molar-refractivity contribution in [3.8, 4) is 0 Å². The van der Waals surface area contributed by atoms with Crippen molar-refractivity contribution in [2.24, 2.45) is 0 Å². The van der Waals surface area contributed by atoms with E-state index >= 15 is 0 Å². The summed E-state index contributed by atoms with van der Waals surface area (Å²) in [5.41, 5.74) is 0.653. The lowest BCUT2D eigenvalue weighted by Crippen LogP contribution is -2.50. The van der Waals surface area contributed by atoms with Crippen LogP contribution in [0.2, 0.25) is 0 Å². The van der Waals surface area contributed by atoms with E-state index in [0.717, 1.165) is 12.2 Å². The number of hydrogen-bond acceptors (Lipinski definition) is 9. The van der Waals surface area contributed by atoms with Crippen LogP contribution in [-0.2, 0) is 49.6 Å². The molecule has 14 heteroatoms. The number of carbonyl (C=O) groups is 8. The third-order valence-electron chi connectivity index (χ3n) is 5.18. The third-order valence-corrected chi connectivity index (χ3v) is 5.18. The largest absolute Gasteiger partial charge is 0.355 e. The van der Waals surface area contributed by atoms with Crippen molar-refractivity contribution in [3.63, 3.8) is 0 Å². The number of amides is 7. The van der Waals surface area contributed by atoms with Crippen LogP contribution in [0.1, 0.15) is 18.4 Å². The van der Waals surface area contributed by atoms with Gasteiger partial charge in [-0.1, -0.05) is 30.3 Å². The summed E-state index contributed by atoms with van der Waals surface area (Å²) in [6.45, 7) is -1.67. The Kier molecular flexibility index (Phi) is 8.81. The van der Waals surface area contributed by atoms with Crippen LogP contribution in [0, 0.1) is 0 Å². The average Bonchev–Trinajstić information content (AvgIpc) is 3.36. The summed E-state index contributed by atoms with van der Waals surface area (Å²) in [7, 11) is 0. The highest BCUT2D eigenvalue weighted by atomic mass is 16.7. The van der Waals surface area contributed by atoms with Gasteiger partial charge in [0.25, 0.3) is 23.6 Å². The molecule has 0 spiro atoms. The van der Waals surface area contributed by atoms with E-state index in [-0.39, 0.29) is 19.3 Å². The number of carbonyl (C=O) groups excluding carboxylic acids is 8. The fourth-order valence-electron chi connectivity index (χ4n) is 3.31. The van der Waals surface area contributed by atoms with E-state index in [9.17, 15) is 38.4 Å². The number of rotatable bonds is 11. The molecule has 2 aliphatic heterocycles. The first-order valence-electron chi connectivity index (χ1n) is 11.1. The molecule has 1 fully saturated rings. The first kappa shape index (κ1) is 26.7. The molecular weight excluding hydrogens is 490 g/mol. The fraction of sp³-hybridized carbons (Fsp3) is 0.304. The van der Waals surface area contributed by atoms with Crippen LogP contribution in [0.4, 0.5) is 0 Å². The lowest BCUT2D eigenvalue weighted by Gasteiger charge is -2.20. The highest BCUT2D eigenvalue weighted by Crippen LogP contribution is 2.14. The van der Waals surface area contributed by atoms with Crippen LogP contribution in [0.5, 0.6) is 0 Å². The molecule has 3 rings (SSSR count). The highest BCUT2D eigenvalue weighted by molar-refractivity contribution is 6.14. The standard InChI is InChI=1S/C23H23N5O9/c29-16(11-25-18(31)13-27-19(32)6-7-20(27)33)24-12-17(30)26-15(10-14-4-2-1-3-5-14)23(36)37-28-21(34)8-9-22(28)35/h1-7,15H,8-13H2,(H,24,29)(H,25,31)(H,26,30)/t15-/m0/s1. The second-order valence-electron chi connectivity index (χ2n) is 7.95. The molecule has 0 saturated carbocycles. The van der Waals surface area contributed by atoms with E-state index in [2.05, 4.69) is 16.0 Å². The van der Waals surface area contributed by atoms with Crippen molar-refractivity contribution in [1.29, 1.82) is 0 Å². The third kappa shape index (κ3) is 7.55. The topological polar surface area (TPSA) is 188 Å². The summed E-state index contributed by atoms with van der Waals surface area (Å²) in [5, 5.41) is 7.23. The van der Waals surface area contributed by atoms with Crippen LogP contribution in [-0.4, -0.2) is 83.0 Å². The zero-order valence-corrected chi connectivity index (χ0v) is 19.4. The Hall–Kier alpha value is -4.88. The van der Waals surface area contributed by atoms with Crippen molar-refractivity contribution in [1.82, 2.24) is 25.9 Å². The van der Waals surface area contributed by atoms with Crippen molar-refractivity contribution >= 4 is 47.3 Å². The number of nitrogens with zero attached hydrogens (tertiary/aromatic N) is 2. The summed E-state index contributed by atoms with van der Waals surface area (Å²) in [6.07, 6.45) is 1.83. The van der Waals surface area contributed by atoms with Gasteiger partial charge in [0, 0.05) is 31.4 Å². The quantitative estimate of drug-likeness (QED) is 0.268. The normalized spacial score (nSPS) is 15.6. The fourth-order valence-corrected chi connectivity index (χ4v) is 3.31. The van der Waals surface area contributed by atoms with Gasteiger partial charge < -0.3 is 20.8 Å². The Bertz CT molecular complexity index is 1130. The van der Waals surface area contributed by atoms with E-state index in [1.807, 2.05) is 0 Å². The molecule has 194 valence electrons. The Morgan fingerprint density at radius 1 is 0.811 bits per heavy atom. The molecule has 0 aliphatic carbocycles. The van der Waals surface area contributed by atoms with E-state index in [0.29, 0.717) is 15.5 Å². The van der Waals surface area contributed by atoms with E-state index in [1.165, 1.54) is 0 Å². The molecule has 2 aliphatic rings. The molecule has 2 heterocycles. The maximum absolute atomic E-state index is 12.7. The van der Waals surface area contributed by atoms with Crippen molar-refractivity contribution in [3.05, 3.63) is 48.0 Å². The molecular formula is C23H23N5O9. The van der Waals surface area contributed by atoms with Crippen molar-refractivity contribution < 1.29 is 43.2 Å². The van der Waals surface area contributed by atoms with Gasteiger partial charge in [0.1, 0.15) is 12.6 Å². The summed E-state index contributed by atoms with van der Waals surface area (Å²) in [6, 6.07) is 7.30. The zero-order chi connectivity index (χ0) is 26.9. The predicted octanol–water partition coefficient (Wildman–Crippen LogP) is -2.52. The van der Waals surface area contributed by atoms with Crippen LogP contribution in [0.25, 0.3) is 0 Å². The maximum Gasteiger partial charge on any atom is 0.355 e. The second kappa shape index (κ2) is 12.2. The van der Waals surface area contributed by atoms with Gasteiger partial charge in [-0.2, -0.15) is 0 Å². The summed E-state index contributed by atoms with van der Waals surface area (Å²) >= 11 is 0. The van der Waals surface area contributed by atoms with Gasteiger partial charge in [-0.15, -0.1) is 5.06 Å². The zero-order valence-electron chi connectivity index (χ0n) is 19.4. The van der Waals surface area contributed by atoms with Crippen LogP contribution >= 0.6 is 0 Å². The minimum absolute atomic E-state index is 0.0194. The minimum atomic E-state index is -1.28. The van der Waals surface area contributed by atoms with Gasteiger partial charge in [-0.05, 0) is 5.56 Å². The summed E-state index contributed by atoms with van der Waals surface area (Å²) in [4.78, 5) is 101. The minimum Gasteiger partial charge on any atom is -0.346 e. The first-order chi connectivity index (χ1) is 17.6. The lowest BCUT2D eigenvalue weighted by molar-refractivity contribution is -0.199. The Morgan fingerprint density at radius 2 is 1.38 bits per heavy atom. The van der Waals surface area contributed by atoms with Crippen LogP contribution < -0.4 is 16.0 Å². The smallest absolute Gasteiger partial charge is 0.346 e. The molecule has 1 aromatic carbocycles. The SMILES string of the molecule is O=C(CNC(=O)CN1C(=O)C=CC1=O)NCC(=O)N[C@@H](Cc1ccccc1)C(=O)ON1C(=O)CCC1=O. The summed E-state index contributed by atoms with van der Waals surface area (Å²) in [5.74, 6) is -5.99. The van der Waals surface area contributed by atoms with Gasteiger partial charge in [-0.3, -0.25) is 38.5 Å². The molecule has 1 saturated heterocycles. The Labute approximate surface area is 209 Å². The maximum atomic E-state index is 12.7. The van der Waals surface area contributed by atoms with Gasteiger partial charge in [0.2, 0.25) is 17.7 Å². The first-order valence-corrected chi connectivity index (χ1v) is 11.1. The van der Waals surface area contributed by atoms with Crippen molar-refractivity contribution in [2.75, 3.05) is 19.6 Å². The predicted molar refractivity (Wildman–Crippen MR) is 121 cm³/mol. The van der Waals surface area contributed by atoms with Gasteiger partial charge >= 0.3 is 5.97 Å². The van der Waals surface area contributed by atoms with Gasteiger partial charge in [0.15, 0.2) is 0 Å². The van der Waals surface area contributed by atoms with E-state index in [1.54, 1.807) is 30.3 Å². The number of imide groups is 2. The number of hydroxylamine groups is 2. The molecule has 0 bridgehead atoms. The summed E-state index contributed by atoms with van der Waals surface area (Å²) < 4.78 is 0. The molecule has 0 radical (unpaired) electrons. The van der Waals surface area contributed by atoms with Crippen molar-refractivity contribution in [2.45, 2.75) is 25.3 Å². The van der Waals surface area contributed by atoms with E-state index in [4.69, 9.17) is 4.84 Å². The lowest BCUT2D eigenvalue weighted by atomic mass is 10.1.